The van der Waals surface area contributed by atoms with Crippen LogP contribution >= 0.6 is 23.2 Å². The van der Waals surface area contributed by atoms with Gasteiger partial charge >= 0.3 is 0 Å². The zero-order valence-corrected chi connectivity index (χ0v) is 14.2. The van der Waals surface area contributed by atoms with Crippen molar-refractivity contribution in [3.05, 3.63) is 33.8 Å². The minimum atomic E-state index is -0.0818. The number of piperidine rings is 1. The molecular formula is C16H19Cl2N3O2. The van der Waals surface area contributed by atoms with Crippen molar-refractivity contribution >= 4 is 35.0 Å². The molecule has 1 unspecified atom stereocenters. The molecule has 2 aliphatic heterocycles. The standard InChI is InChI=1S/C16H19Cl2N3O2/c17-12-6-11(7-13(18)8-12)16(23)20-4-1-2-14(10-20)21-5-3-19-9-15(21)22/h6-8,14,19H,1-5,9-10H2. The Morgan fingerprint density at radius 1 is 1.17 bits per heavy atom. The number of rotatable bonds is 2. The molecule has 0 aromatic heterocycles. The lowest BCUT2D eigenvalue weighted by Gasteiger charge is -2.41. The largest absolute Gasteiger partial charge is 0.337 e. The number of nitrogens with zero attached hydrogens (tertiary/aromatic N) is 2. The van der Waals surface area contributed by atoms with Crippen LogP contribution in [0.1, 0.15) is 23.2 Å². The van der Waals surface area contributed by atoms with Crippen molar-refractivity contribution < 1.29 is 9.59 Å². The Bertz CT molecular complexity index is 603. The summed E-state index contributed by atoms with van der Waals surface area (Å²) in [6, 6.07) is 4.97. The van der Waals surface area contributed by atoms with E-state index in [9.17, 15) is 9.59 Å². The van der Waals surface area contributed by atoms with E-state index in [1.54, 1.807) is 23.1 Å². The first-order valence-corrected chi connectivity index (χ1v) is 8.56. The number of hydrogen-bond acceptors (Lipinski definition) is 3. The van der Waals surface area contributed by atoms with Crippen LogP contribution in [0, 0.1) is 0 Å². The molecule has 1 N–H and O–H groups in total. The maximum absolute atomic E-state index is 12.7. The van der Waals surface area contributed by atoms with E-state index in [-0.39, 0.29) is 17.9 Å². The van der Waals surface area contributed by atoms with Gasteiger partial charge in [-0.15, -0.1) is 0 Å². The van der Waals surface area contributed by atoms with E-state index in [1.807, 2.05) is 4.90 Å². The predicted molar refractivity (Wildman–Crippen MR) is 90.0 cm³/mol. The zero-order chi connectivity index (χ0) is 16.4. The van der Waals surface area contributed by atoms with Crippen LogP contribution in [0.3, 0.4) is 0 Å². The molecule has 3 rings (SSSR count). The van der Waals surface area contributed by atoms with Crippen LogP contribution in [-0.4, -0.2) is 60.4 Å². The van der Waals surface area contributed by atoms with Gasteiger partial charge in [0.1, 0.15) is 0 Å². The van der Waals surface area contributed by atoms with Gasteiger partial charge in [0.05, 0.1) is 6.54 Å². The molecule has 0 radical (unpaired) electrons. The molecule has 0 aliphatic carbocycles. The lowest BCUT2D eigenvalue weighted by atomic mass is 10.0. The maximum Gasteiger partial charge on any atom is 0.254 e. The third kappa shape index (κ3) is 3.79. The summed E-state index contributed by atoms with van der Waals surface area (Å²) in [6.45, 7) is 3.15. The molecule has 5 nitrogen and oxygen atoms in total. The predicted octanol–water partition coefficient (Wildman–Crippen LogP) is 2.03. The number of amides is 2. The summed E-state index contributed by atoms with van der Waals surface area (Å²) in [4.78, 5) is 28.5. The van der Waals surface area contributed by atoms with E-state index in [1.165, 1.54) is 0 Å². The molecule has 1 atom stereocenters. The fraction of sp³-hybridized carbons (Fsp3) is 0.500. The van der Waals surface area contributed by atoms with Crippen molar-refractivity contribution in [2.24, 2.45) is 0 Å². The summed E-state index contributed by atoms with van der Waals surface area (Å²) in [6.07, 6.45) is 1.83. The van der Waals surface area contributed by atoms with Gasteiger partial charge in [-0.1, -0.05) is 23.2 Å². The quantitative estimate of drug-likeness (QED) is 0.882. The Kier molecular flexibility index (Phi) is 5.09. The van der Waals surface area contributed by atoms with Crippen LogP contribution in [-0.2, 0) is 4.79 Å². The summed E-state index contributed by atoms with van der Waals surface area (Å²) < 4.78 is 0. The van der Waals surface area contributed by atoms with Gasteiger partial charge in [0.15, 0.2) is 0 Å². The zero-order valence-electron chi connectivity index (χ0n) is 12.7. The summed E-state index contributed by atoms with van der Waals surface area (Å²) in [5, 5.41) is 3.98. The number of likely N-dealkylation sites (tertiary alicyclic amines) is 1. The van der Waals surface area contributed by atoms with Crippen molar-refractivity contribution in [2.75, 3.05) is 32.7 Å². The molecule has 2 amide bonds. The highest BCUT2D eigenvalue weighted by Gasteiger charge is 2.32. The fourth-order valence-electron chi connectivity index (χ4n) is 3.26. The molecule has 23 heavy (non-hydrogen) atoms. The van der Waals surface area contributed by atoms with Crippen molar-refractivity contribution in [1.29, 1.82) is 0 Å². The van der Waals surface area contributed by atoms with Crippen LogP contribution in [0.25, 0.3) is 0 Å². The molecule has 2 saturated heterocycles. The van der Waals surface area contributed by atoms with Gasteiger partial charge in [-0.25, -0.2) is 0 Å². The molecule has 2 heterocycles. The maximum atomic E-state index is 12.7. The van der Waals surface area contributed by atoms with Crippen LogP contribution in [0.2, 0.25) is 10.0 Å². The Balaban J connectivity index is 1.72. The minimum Gasteiger partial charge on any atom is -0.337 e. The number of piperazine rings is 1. The molecular weight excluding hydrogens is 337 g/mol. The third-order valence-electron chi connectivity index (χ3n) is 4.36. The van der Waals surface area contributed by atoms with E-state index in [4.69, 9.17) is 23.2 Å². The second-order valence-corrected chi connectivity index (χ2v) is 6.84. The summed E-state index contributed by atoms with van der Waals surface area (Å²) >= 11 is 12.0. The molecule has 1 aromatic rings. The average Bonchev–Trinajstić information content (AvgIpc) is 2.54. The molecule has 1 aromatic carbocycles. The lowest BCUT2D eigenvalue weighted by Crippen LogP contribution is -2.57. The highest BCUT2D eigenvalue weighted by atomic mass is 35.5. The van der Waals surface area contributed by atoms with Gasteiger partial charge < -0.3 is 15.1 Å². The van der Waals surface area contributed by atoms with Gasteiger partial charge in [-0.2, -0.15) is 0 Å². The second-order valence-electron chi connectivity index (χ2n) is 5.97. The van der Waals surface area contributed by atoms with Crippen LogP contribution in [0.5, 0.6) is 0 Å². The molecule has 0 saturated carbocycles. The van der Waals surface area contributed by atoms with Gasteiger partial charge in [0.25, 0.3) is 5.91 Å². The van der Waals surface area contributed by atoms with Crippen LogP contribution in [0.4, 0.5) is 0 Å². The Morgan fingerprint density at radius 3 is 2.61 bits per heavy atom. The first kappa shape index (κ1) is 16.6. The van der Waals surface area contributed by atoms with Crippen LogP contribution < -0.4 is 5.32 Å². The number of nitrogens with one attached hydrogen (secondary N) is 1. The lowest BCUT2D eigenvalue weighted by molar-refractivity contribution is -0.135. The van der Waals surface area contributed by atoms with E-state index in [0.717, 1.165) is 19.4 Å². The monoisotopic (exact) mass is 355 g/mol. The average molecular weight is 356 g/mol. The van der Waals surface area contributed by atoms with E-state index >= 15 is 0 Å². The Hall–Kier alpha value is -1.30. The van der Waals surface area contributed by atoms with Gasteiger partial charge in [-0.05, 0) is 31.0 Å². The normalized spacial score (nSPS) is 22.3. The van der Waals surface area contributed by atoms with Crippen LogP contribution in [0.15, 0.2) is 18.2 Å². The minimum absolute atomic E-state index is 0.0818. The first-order valence-electron chi connectivity index (χ1n) is 7.80. The van der Waals surface area contributed by atoms with E-state index in [0.29, 0.717) is 41.8 Å². The number of halogens is 2. The molecule has 0 bridgehead atoms. The van der Waals surface area contributed by atoms with E-state index < -0.39 is 0 Å². The molecule has 2 fully saturated rings. The topological polar surface area (TPSA) is 52.7 Å². The highest BCUT2D eigenvalue weighted by molar-refractivity contribution is 6.35. The van der Waals surface area contributed by atoms with Gasteiger partial charge in [-0.3, -0.25) is 9.59 Å². The summed E-state index contributed by atoms with van der Waals surface area (Å²) in [5.41, 5.74) is 0.495. The first-order chi connectivity index (χ1) is 11.0. The molecule has 2 aliphatic rings. The van der Waals surface area contributed by atoms with E-state index in [2.05, 4.69) is 5.32 Å². The van der Waals surface area contributed by atoms with Crippen molar-refractivity contribution in [2.45, 2.75) is 18.9 Å². The third-order valence-corrected chi connectivity index (χ3v) is 4.80. The van der Waals surface area contributed by atoms with Gasteiger partial charge in [0.2, 0.25) is 5.91 Å². The number of carbonyl (C=O) groups excluding carboxylic acids is 2. The summed E-state index contributed by atoms with van der Waals surface area (Å²) in [5.74, 6) is 0.0306. The molecule has 0 spiro atoms. The van der Waals surface area contributed by atoms with Crippen molar-refractivity contribution in [1.82, 2.24) is 15.1 Å². The molecule has 7 heteroatoms. The van der Waals surface area contributed by atoms with Crippen molar-refractivity contribution in [3.63, 3.8) is 0 Å². The Labute approximate surface area is 145 Å². The number of benzene rings is 1. The SMILES string of the molecule is O=C(c1cc(Cl)cc(Cl)c1)N1CCCC(N2CCNCC2=O)C1. The smallest absolute Gasteiger partial charge is 0.254 e. The second kappa shape index (κ2) is 7.07. The highest BCUT2D eigenvalue weighted by Crippen LogP contribution is 2.23. The molecule has 124 valence electrons. The van der Waals surface area contributed by atoms with Gasteiger partial charge in [0, 0.05) is 47.8 Å². The number of carbonyl (C=O) groups is 2. The van der Waals surface area contributed by atoms with Crippen molar-refractivity contribution in [3.8, 4) is 0 Å². The Morgan fingerprint density at radius 2 is 1.91 bits per heavy atom. The summed E-state index contributed by atoms with van der Waals surface area (Å²) in [7, 11) is 0. The fourth-order valence-corrected chi connectivity index (χ4v) is 3.79. The number of hydrogen-bond donors (Lipinski definition) is 1.